The minimum atomic E-state index is -0.679. The van der Waals surface area contributed by atoms with E-state index in [0.717, 1.165) is 31.2 Å². The average molecular weight is 243 g/mol. The number of aryl methyl sites for hydroxylation is 1. The molecule has 1 aliphatic carbocycles. The van der Waals surface area contributed by atoms with Crippen LogP contribution in [0.1, 0.15) is 37.3 Å². The van der Waals surface area contributed by atoms with Gasteiger partial charge in [0.1, 0.15) is 5.15 Å². The molecule has 0 spiro atoms. The van der Waals surface area contributed by atoms with Gasteiger partial charge in [-0.2, -0.15) is 5.10 Å². The van der Waals surface area contributed by atoms with E-state index >= 15 is 0 Å². The van der Waals surface area contributed by atoms with Crippen LogP contribution >= 0.6 is 11.6 Å². The standard InChI is InChI=1S/C11H15ClN2O2/c1-7-6-13-14(10(7)12)9-4-2-8(3-5-9)11(15)16/h6,8-9H,2-5H2,1H3,(H,15,16). The quantitative estimate of drug-likeness (QED) is 0.868. The van der Waals surface area contributed by atoms with Crippen molar-refractivity contribution in [2.75, 3.05) is 0 Å². The number of nitrogens with zero attached hydrogens (tertiary/aromatic N) is 2. The number of carbonyl (C=O) groups is 1. The minimum Gasteiger partial charge on any atom is -0.481 e. The van der Waals surface area contributed by atoms with Crippen LogP contribution in [-0.4, -0.2) is 20.9 Å². The van der Waals surface area contributed by atoms with E-state index in [1.807, 2.05) is 11.6 Å². The molecule has 5 heteroatoms. The third kappa shape index (κ3) is 2.07. The molecule has 1 aromatic heterocycles. The van der Waals surface area contributed by atoms with E-state index in [-0.39, 0.29) is 12.0 Å². The lowest BCUT2D eigenvalue weighted by atomic mass is 9.86. The van der Waals surface area contributed by atoms with E-state index in [0.29, 0.717) is 5.15 Å². The van der Waals surface area contributed by atoms with E-state index in [4.69, 9.17) is 16.7 Å². The second-order valence-electron chi connectivity index (χ2n) is 4.41. The van der Waals surface area contributed by atoms with Gasteiger partial charge in [0, 0.05) is 5.56 Å². The van der Waals surface area contributed by atoms with E-state index in [2.05, 4.69) is 5.10 Å². The first-order chi connectivity index (χ1) is 7.59. The van der Waals surface area contributed by atoms with Gasteiger partial charge in [-0.05, 0) is 32.6 Å². The van der Waals surface area contributed by atoms with Crippen molar-refractivity contribution in [3.63, 3.8) is 0 Å². The number of halogens is 1. The van der Waals surface area contributed by atoms with Crippen LogP contribution in [-0.2, 0) is 4.79 Å². The molecule has 2 rings (SSSR count). The Morgan fingerprint density at radius 3 is 2.56 bits per heavy atom. The smallest absolute Gasteiger partial charge is 0.306 e. The minimum absolute atomic E-state index is 0.188. The molecule has 1 heterocycles. The van der Waals surface area contributed by atoms with Crippen LogP contribution in [0.3, 0.4) is 0 Å². The first kappa shape index (κ1) is 11.5. The average Bonchev–Trinajstić information content (AvgIpc) is 2.60. The number of hydrogen-bond acceptors (Lipinski definition) is 2. The Bertz CT molecular complexity index is 395. The Labute approximate surface area is 99.2 Å². The lowest BCUT2D eigenvalue weighted by Crippen LogP contribution is -2.23. The summed E-state index contributed by atoms with van der Waals surface area (Å²) in [5.74, 6) is -0.868. The highest BCUT2D eigenvalue weighted by atomic mass is 35.5. The Hall–Kier alpha value is -1.03. The molecule has 1 N–H and O–H groups in total. The summed E-state index contributed by atoms with van der Waals surface area (Å²) in [6.45, 7) is 1.93. The fraction of sp³-hybridized carbons (Fsp3) is 0.636. The summed E-state index contributed by atoms with van der Waals surface area (Å²) in [6, 6.07) is 0.261. The van der Waals surface area contributed by atoms with E-state index in [1.165, 1.54) is 0 Å². The predicted molar refractivity (Wildman–Crippen MR) is 60.6 cm³/mol. The van der Waals surface area contributed by atoms with Gasteiger partial charge < -0.3 is 5.11 Å². The maximum absolute atomic E-state index is 10.8. The van der Waals surface area contributed by atoms with Gasteiger partial charge in [0.15, 0.2) is 0 Å². The summed E-state index contributed by atoms with van der Waals surface area (Å²) in [7, 11) is 0. The van der Waals surface area contributed by atoms with Crippen LogP contribution < -0.4 is 0 Å². The lowest BCUT2D eigenvalue weighted by Gasteiger charge is -2.26. The number of aliphatic carboxylic acids is 1. The highest BCUT2D eigenvalue weighted by molar-refractivity contribution is 6.30. The lowest BCUT2D eigenvalue weighted by molar-refractivity contribution is -0.143. The molecule has 4 nitrogen and oxygen atoms in total. The number of carboxylic acid groups (broad SMARTS) is 1. The van der Waals surface area contributed by atoms with Crippen LogP contribution in [0, 0.1) is 12.8 Å². The van der Waals surface area contributed by atoms with Gasteiger partial charge >= 0.3 is 5.97 Å². The predicted octanol–water partition coefficient (Wildman–Crippen LogP) is 2.66. The monoisotopic (exact) mass is 242 g/mol. The van der Waals surface area contributed by atoms with Crippen molar-refractivity contribution in [3.05, 3.63) is 16.9 Å². The SMILES string of the molecule is Cc1cnn(C2CCC(C(=O)O)CC2)c1Cl. The molecule has 0 unspecified atom stereocenters. The van der Waals surface area contributed by atoms with Crippen molar-refractivity contribution in [2.45, 2.75) is 38.6 Å². The second-order valence-corrected chi connectivity index (χ2v) is 4.76. The molecule has 16 heavy (non-hydrogen) atoms. The molecule has 0 amide bonds. The zero-order valence-corrected chi connectivity index (χ0v) is 9.94. The van der Waals surface area contributed by atoms with Gasteiger partial charge in [-0.1, -0.05) is 11.6 Å². The van der Waals surface area contributed by atoms with E-state index < -0.39 is 5.97 Å². The van der Waals surface area contributed by atoms with Gasteiger partial charge in [0.05, 0.1) is 18.2 Å². The number of hydrogen-bond donors (Lipinski definition) is 1. The highest BCUT2D eigenvalue weighted by Gasteiger charge is 2.28. The normalized spacial score (nSPS) is 25.6. The fourth-order valence-corrected chi connectivity index (χ4v) is 2.49. The summed E-state index contributed by atoms with van der Waals surface area (Å²) in [5, 5.41) is 13.8. The first-order valence-electron chi connectivity index (χ1n) is 5.52. The number of carboxylic acids is 1. The molecule has 0 aliphatic heterocycles. The summed E-state index contributed by atoms with van der Waals surface area (Å²) in [4.78, 5) is 10.8. The molecule has 0 radical (unpaired) electrons. The van der Waals surface area contributed by atoms with Crippen LogP contribution in [0.25, 0.3) is 0 Å². The zero-order valence-electron chi connectivity index (χ0n) is 9.19. The zero-order chi connectivity index (χ0) is 11.7. The number of rotatable bonds is 2. The summed E-state index contributed by atoms with van der Waals surface area (Å²) >= 11 is 6.13. The molecule has 1 fully saturated rings. The van der Waals surface area contributed by atoms with E-state index in [1.54, 1.807) is 6.20 Å². The highest BCUT2D eigenvalue weighted by Crippen LogP contribution is 2.34. The fourth-order valence-electron chi connectivity index (χ4n) is 2.26. The first-order valence-corrected chi connectivity index (χ1v) is 5.90. The van der Waals surface area contributed by atoms with Crippen molar-refractivity contribution in [1.29, 1.82) is 0 Å². The maximum Gasteiger partial charge on any atom is 0.306 e. The molecule has 1 saturated carbocycles. The summed E-state index contributed by atoms with van der Waals surface area (Å²) in [6.07, 6.45) is 4.88. The summed E-state index contributed by atoms with van der Waals surface area (Å²) in [5.41, 5.74) is 0.974. The Balaban J connectivity index is 2.04. The van der Waals surface area contributed by atoms with Gasteiger partial charge in [0.25, 0.3) is 0 Å². The van der Waals surface area contributed by atoms with Crippen molar-refractivity contribution in [1.82, 2.24) is 9.78 Å². The molecular formula is C11H15ClN2O2. The molecule has 1 aliphatic rings. The van der Waals surface area contributed by atoms with Crippen LogP contribution in [0.4, 0.5) is 0 Å². The molecular weight excluding hydrogens is 228 g/mol. The van der Waals surface area contributed by atoms with Gasteiger partial charge in [-0.15, -0.1) is 0 Å². The molecule has 0 aromatic carbocycles. The molecule has 0 saturated heterocycles. The molecule has 1 aromatic rings. The van der Waals surface area contributed by atoms with Gasteiger partial charge in [-0.25, -0.2) is 0 Å². The van der Waals surface area contributed by atoms with Crippen molar-refractivity contribution < 1.29 is 9.90 Å². The van der Waals surface area contributed by atoms with Crippen molar-refractivity contribution >= 4 is 17.6 Å². The summed E-state index contributed by atoms with van der Waals surface area (Å²) < 4.78 is 1.83. The Morgan fingerprint density at radius 2 is 2.12 bits per heavy atom. The van der Waals surface area contributed by atoms with Crippen LogP contribution in [0.5, 0.6) is 0 Å². The molecule has 0 bridgehead atoms. The largest absolute Gasteiger partial charge is 0.481 e. The number of aromatic nitrogens is 2. The van der Waals surface area contributed by atoms with Gasteiger partial charge in [0.2, 0.25) is 0 Å². The van der Waals surface area contributed by atoms with Crippen LogP contribution in [0.2, 0.25) is 5.15 Å². The maximum atomic E-state index is 10.8. The van der Waals surface area contributed by atoms with Crippen LogP contribution in [0.15, 0.2) is 6.20 Å². The third-order valence-electron chi connectivity index (χ3n) is 3.29. The Kier molecular flexibility index (Phi) is 3.19. The van der Waals surface area contributed by atoms with Crippen molar-refractivity contribution in [2.24, 2.45) is 5.92 Å². The Morgan fingerprint density at radius 1 is 1.50 bits per heavy atom. The topological polar surface area (TPSA) is 55.1 Å². The molecule has 0 atom stereocenters. The molecule has 88 valence electrons. The third-order valence-corrected chi connectivity index (χ3v) is 3.77. The van der Waals surface area contributed by atoms with Crippen molar-refractivity contribution in [3.8, 4) is 0 Å². The second kappa shape index (κ2) is 4.45. The van der Waals surface area contributed by atoms with Gasteiger partial charge in [-0.3, -0.25) is 9.48 Å². The van der Waals surface area contributed by atoms with E-state index in [9.17, 15) is 4.79 Å².